The fourth-order valence-electron chi connectivity index (χ4n) is 7.53. The Kier molecular flexibility index (Phi) is 36.1. The summed E-state index contributed by atoms with van der Waals surface area (Å²) in [5.41, 5.74) is 0.273. The lowest BCUT2D eigenvalue weighted by Crippen LogP contribution is -2.32. The molecule has 0 aliphatic carbocycles. The summed E-state index contributed by atoms with van der Waals surface area (Å²) >= 11 is 0. The van der Waals surface area contributed by atoms with E-state index in [-0.39, 0.29) is 11.1 Å². The molecule has 0 radical (unpaired) electrons. The molecule has 354 valence electrons. The Morgan fingerprint density at radius 2 is 0.594 bits per heavy atom. The predicted octanol–water partition coefficient (Wildman–Crippen LogP) is 14.1. The number of aromatic carboxylic acids is 2. The van der Waals surface area contributed by atoms with E-state index in [1.807, 2.05) is 0 Å². The lowest BCUT2D eigenvalue weighted by Gasteiger charge is -2.05. The van der Waals surface area contributed by atoms with Crippen LogP contribution < -0.4 is 19.3 Å². The second-order valence-electron chi connectivity index (χ2n) is 17.2. The van der Waals surface area contributed by atoms with E-state index in [4.69, 9.17) is 0 Å². The van der Waals surface area contributed by atoms with Crippen molar-refractivity contribution in [2.45, 2.75) is 217 Å². The summed E-state index contributed by atoms with van der Waals surface area (Å²) in [5.74, 6) is -2.40. The van der Waals surface area contributed by atoms with Crippen molar-refractivity contribution in [2.24, 2.45) is 0 Å². The third-order valence-corrected chi connectivity index (χ3v) is 13.9. The minimum Gasteiger partial charge on any atom is -0.545 e. The number of aromatic nitrogens is 2. The highest BCUT2D eigenvalue weighted by molar-refractivity contribution is 8.76. The molecule has 0 fully saturated rings. The van der Waals surface area contributed by atoms with Gasteiger partial charge in [-0.25, -0.2) is 9.13 Å². The van der Waals surface area contributed by atoms with E-state index in [9.17, 15) is 19.8 Å². The number of carboxylic acid groups (broad SMARTS) is 2. The molecule has 0 saturated carbocycles. The molecular formula is C56H84N2O4S2. The standard InChI is InChI=1S/2C21H38N.C14H10O4S2/c2*1-2-3-4-5-6-7-8-9-10-11-12-13-14-16-19-22-20-17-15-18-21-22;15-13(16)9-1-5-11(6-2-9)19-20-12-7-3-10(4-8-12)14(17)18/h2*15,17-18,20-21H,2-14,16,19H2,1H3;1-8H,(H,15,16)(H,17,18)/q2*+1;/p-2. The average molecular weight is 913 g/mol. The number of benzene rings is 2. The first-order valence-corrected chi connectivity index (χ1v) is 27.4. The SMILES string of the molecule is CCCCCCCCCCCCCCCC[n+]1ccccc1.CCCCCCCCCCCCCCCC[n+]1ccccc1.O=C([O-])c1ccc(SSc2ccc(C(=O)[O-])cc2)cc1. The molecule has 0 bridgehead atoms. The van der Waals surface area contributed by atoms with Gasteiger partial charge >= 0.3 is 0 Å². The van der Waals surface area contributed by atoms with E-state index in [2.05, 4.69) is 84.2 Å². The number of aryl methyl sites for hydroxylation is 2. The highest BCUT2D eigenvalue weighted by atomic mass is 33.1. The maximum atomic E-state index is 10.6. The van der Waals surface area contributed by atoms with Crippen LogP contribution in [0.15, 0.2) is 120 Å². The number of hydrogen-bond acceptors (Lipinski definition) is 6. The van der Waals surface area contributed by atoms with Crippen LogP contribution in [-0.4, -0.2) is 11.9 Å². The second kappa shape index (κ2) is 40.9. The fraction of sp³-hybridized carbons (Fsp3) is 0.571. The molecule has 0 atom stereocenters. The molecule has 0 aliphatic rings. The number of carboxylic acids is 2. The van der Waals surface area contributed by atoms with E-state index in [1.54, 1.807) is 24.3 Å². The Morgan fingerprint density at radius 3 is 0.828 bits per heavy atom. The minimum atomic E-state index is -1.20. The van der Waals surface area contributed by atoms with Gasteiger partial charge in [0.1, 0.15) is 13.1 Å². The number of nitrogens with zero attached hydrogens (tertiary/aromatic N) is 2. The Morgan fingerprint density at radius 1 is 0.359 bits per heavy atom. The summed E-state index contributed by atoms with van der Waals surface area (Å²) in [4.78, 5) is 23.0. The lowest BCUT2D eigenvalue weighted by molar-refractivity contribution is -0.697. The van der Waals surface area contributed by atoms with Crippen LogP contribution in [0.1, 0.15) is 214 Å². The van der Waals surface area contributed by atoms with Gasteiger partial charge in [-0.05, 0) is 48.2 Å². The molecule has 0 aliphatic heterocycles. The lowest BCUT2D eigenvalue weighted by atomic mass is 10.0. The van der Waals surface area contributed by atoms with Crippen LogP contribution in [-0.2, 0) is 13.1 Å². The Hall–Kier alpha value is -3.62. The van der Waals surface area contributed by atoms with Gasteiger partial charge in [-0.3, -0.25) is 0 Å². The van der Waals surface area contributed by atoms with Crippen molar-refractivity contribution in [2.75, 3.05) is 0 Å². The van der Waals surface area contributed by atoms with E-state index < -0.39 is 11.9 Å². The van der Waals surface area contributed by atoms with Gasteiger partial charge in [0, 0.05) is 46.9 Å². The first-order chi connectivity index (χ1) is 31.4. The Balaban J connectivity index is 0.000000330. The van der Waals surface area contributed by atoms with Crippen molar-refractivity contribution in [3.05, 3.63) is 121 Å². The van der Waals surface area contributed by atoms with Gasteiger partial charge in [-0.1, -0.05) is 226 Å². The first-order valence-electron chi connectivity index (χ1n) is 25.3. The van der Waals surface area contributed by atoms with E-state index in [0.717, 1.165) is 9.79 Å². The molecule has 6 nitrogen and oxygen atoms in total. The molecule has 4 aromatic rings. The number of carbonyl (C=O) groups is 2. The highest BCUT2D eigenvalue weighted by Gasteiger charge is 2.02. The number of hydrogen-bond donors (Lipinski definition) is 0. The van der Waals surface area contributed by atoms with Crippen LogP contribution in [0.5, 0.6) is 0 Å². The molecule has 2 heterocycles. The predicted molar refractivity (Wildman–Crippen MR) is 267 cm³/mol. The third kappa shape index (κ3) is 32.1. The van der Waals surface area contributed by atoms with Gasteiger partial charge < -0.3 is 19.8 Å². The van der Waals surface area contributed by atoms with Gasteiger partial charge in [-0.15, -0.1) is 0 Å². The zero-order valence-electron chi connectivity index (χ0n) is 39.9. The summed E-state index contributed by atoms with van der Waals surface area (Å²) < 4.78 is 4.58. The molecular weight excluding hydrogens is 829 g/mol. The molecule has 2 aromatic carbocycles. The molecule has 8 heteroatoms. The Bertz CT molecular complexity index is 1530. The maximum absolute atomic E-state index is 10.6. The zero-order chi connectivity index (χ0) is 46.0. The van der Waals surface area contributed by atoms with E-state index >= 15 is 0 Å². The quantitative estimate of drug-likeness (QED) is 0.0260. The molecule has 0 amide bonds. The summed E-state index contributed by atoms with van der Waals surface area (Å²) in [6.45, 7) is 6.94. The van der Waals surface area contributed by atoms with Crippen molar-refractivity contribution in [3.63, 3.8) is 0 Å². The summed E-state index contributed by atoms with van der Waals surface area (Å²) in [7, 11) is 2.90. The first kappa shape index (κ1) is 56.5. The van der Waals surface area contributed by atoms with Crippen LogP contribution in [0, 0.1) is 0 Å². The number of carbonyl (C=O) groups excluding carboxylic acids is 2. The summed E-state index contributed by atoms with van der Waals surface area (Å²) in [6.07, 6.45) is 48.8. The number of unbranched alkanes of at least 4 members (excludes halogenated alkanes) is 26. The maximum Gasteiger partial charge on any atom is 0.168 e. The fourth-order valence-corrected chi connectivity index (χ4v) is 9.46. The van der Waals surface area contributed by atoms with Crippen molar-refractivity contribution < 1.29 is 28.9 Å². The zero-order valence-corrected chi connectivity index (χ0v) is 41.6. The second-order valence-corrected chi connectivity index (χ2v) is 19.5. The monoisotopic (exact) mass is 913 g/mol. The topological polar surface area (TPSA) is 88.0 Å². The smallest absolute Gasteiger partial charge is 0.168 e. The third-order valence-electron chi connectivity index (χ3n) is 11.5. The largest absolute Gasteiger partial charge is 0.545 e. The van der Waals surface area contributed by atoms with Gasteiger partial charge in [-0.2, -0.15) is 0 Å². The average Bonchev–Trinajstić information content (AvgIpc) is 3.32. The van der Waals surface area contributed by atoms with Gasteiger partial charge in [0.25, 0.3) is 0 Å². The number of pyridine rings is 2. The van der Waals surface area contributed by atoms with Crippen molar-refractivity contribution in [1.82, 2.24) is 0 Å². The van der Waals surface area contributed by atoms with Crippen LogP contribution in [0.3, 0.4) is 0 Å². The minimum absolute atomic E-state index is 0.137. The molecule has 0 unspecified atom stereocenters. The Labute approximate surface area is 397 Å². The molecule has 64 heavy (non-hydrogen) atoms. The van der Waals surface area contributed by atoms with Gasteiger partial charge in [0.05, 0.1) is 11.9 Å². The van der Waals surface area contributed by atoms with Crippen LogP contribution >= 0.6 is 21.6 Å². The van der Waals surface area contributed by atoms with Crippen LogP contribution in [0.25, 0.3) is 0 Å². The summed E-state index contributed by atoms with van der Waals surface area (Å²) in [5, 5.41) is 21.2. The number of rotatable bonds is 35. The van der Waals surface area contributed by atoms with Crippen molar-refractivity contribution in [1.29, 1.82) is 0 Å². The molecule has 2 aromatic heterocycles. The van der Waals surface area contributed by atoms with Gasteiger partial charge in [0.2, 0.25) is 0 Å². The normalized spacial score (nSPS) is 10.7. The molecule has 0 saturated heterocycles. The van der Waals surface area contributed by atoms with Crippen LogP contribution in [0.4, 0.5) is 0 Å². The van der Waals surface area contributed by atoms with E-state index in [1.165, 1.54) is 239 Å². The van der Waals surface area contributed by atoms with Crippen molar-refractivity contribution >= 4 is 33.5 Å². The summed E-state index contributed by atoms with van der Waals surface area (Å²) in [6, 6.07) is 25.3. The van der Waals surface area contributed by atoms with Crippen LogP contribution in [0.2, 0.25) is 0 Å². The molecule has 4 rings (SSSR count). The van der Waals surface area contributed by atoms with Crippen molar-refractivity contribution in [3.8, 4) is 0 Å². The molecule has 0 spiro atoms. The van der Waals surface area contributed by atoms with Gasteiger partial charge in [0.15, 0.2) is 24.8 Å². The highest BCUT2D eigenvalue weighted by Crippen LogP contribution is 2.37. The van der Waals surface area contributed by atoms with E-state index in [0.29, 0.717) is 0 Å². The molecule has 0 N–H and O–H groups in total.